The summed E-state index contributed by atoms with van der Waals surface area (Å²) in [6.45, 7) is 10.2. The van der Waals surface area contributed by atoms with Crippen LogP contribution >= 0.6 is 0 Å². The van der Waals surface area contributed by atoms with Gasteiger partial charge in [0.15, 0.2) is 0 Å². The van der Waals surface area contributed by atoms with Crippen LogP contribution in [0.15, 0.2) is 60.7 Å². The predicted molar refractivity (Wildman–Crippen MR) is 177 cm³/mol. The third-order valence-corrected chi connectivity index (χ3v) is 7.90. The predicted octanol–water partition coefficient (Wildman–Crippen LogP) is 3.80. The number of hydrogen-bond donors (Lipinski definition) is 2. The van der Waals surface area contributed by atoms with E-state index < -0.39 is 65.6 Å². The van der Waals surface area contributed by atoms with Crippen LogP contribution in [0.1, 0.15) is 59.1 Å². The number of hydrogen-bond acceptors (Lipinski definition) is 9. The molecule has 12 nitrogen and oxygen atoms in total. The van der Waals surface area contributed by atoms with E-state index in [4.69, 9.17) is 18.9 Å². The second-order valence-corrected chi connectivity index (χ2v) is 13.2. The fraction of sp³-hybridized carbons (Fsp3) is 0.528. The van der Waals surface area contributed by atoms with Crippen LogP contribution < -0.4 is 10.6 Å². The Balaban J connectivity index is 1.99. The number of amides is 3. The zero-order valence-electron chi connectivity index (χ0n) is 28.9. The number of alkyl carbamates (subject to hydrolysis) is 1. The van der Waals surface area contributed by atoms with Crippen LogP contribution in [0, 0.1) is 11.8 Å². The standard InChI is InChI=1S/C36H49N3O9/c1-23(2)30(34(43)45-7)38-32(41)27(22-46-24(3)40)31-29(48-36(4,5)6)18-19-39(31)33(42)28(20-25-14-10-8-11-15-25)37-35(44)47-21-26-16-12-9-13-17-26/h8-17,23,27-31H,18-22H2,1-7H3,(H,37,44)(H,38,41)/t27-,28+,29+,30+,31-/m1/s1. The summed E-state index contributed by atoms with van der Waals surface area (Å²) < 4.78 is 22.1. The summed E-state index contributed by atoms with van der Waals surface area (Å²) in [5.41, 5.74) is 0.927. The van der Waals surface area contributed by atoms with Crippen LogP contribution in [0.4, 0.5) is 4.79 Å². The Labute approximate surface area is 282 Å². The molecule has 0 saturated carbocycles. The molecule has 1 heterocycles. The van der Waals surface area contributed by atoms with Crippen molar-refractivity contribution in [2.75, 3.05) is 20.3 Å². The fourth-order valence-corrected chi connectivity index (χ4v) is 5.68. The lowest BCUT2D eigenvalue weighted by molar-refractivity contribution is -0.155. The van der Waals surface area contributed by atoms with Gasteiger partial charge < -0.3 is 34.5 Å². The highest BCUT2D eigenvalue weighted by Gasteiger charge is 2.49. The highest BCUT2D eigenvalue weighted by atomic mass is 16.6. The van der Waals surface area contributed by atoms with Crippen LogP contribution in [0.3, 0.4) is 0 Å². The van der Waals surface area contributed by atoms with Gasteiger partial charge in [0.1, 0.15) is 25.3 Å². The monoisotopic (exact) mass is 667 g/mol. The largest absolute Gasteiger partial charge is 0.467 e. The maximum Gasteiger partial charge on any atom is 0.408 e. The zero-order valence-corrected chi connectivity index (χ0v) is 28.9. The van der Waals surface area contributed by atoms with E-state index in [1.54, 1.807) is 13.8 Å². The molecule has 0 radical (unpaired) electrons. The van der Waals surface area contributed by atoms with Gasteiger partial charge in [-0.05, 0) is 44.2 Å². The maximum atomic E-state index is 14.5. The number of likely N-dealkylation sites (tertiary alicyclic amines) is 1. The highest BCUT2D eigenvalue weighted by molar-refractivity contribution is 5.89. The van der Waals surface area contributed by atoms with E-state index in [0.717, 1.165) is 11.1 Å². The molecule has 1 aliphatic rings. The van der Waals surface area contributed by atoms with Crippen molar-refractivity contribution < 1.29 is 42.9 Å². The smallest absolute Gasteiger partial charge is 0.408 e. The molecule has 2 aromatic carbocycles. The van der Waals surface area contributed by atoms with Crippen molar-refractivity contribution >= 4 is 29.8 Å². The van der Waals surface area contributed by atoms with Gasteiger partial charge in [0.2, 0.25) is 11.8 Å². The summed E-state index contributed by atoms with van der Waals surface area (Å²) in [5, 5.41) is 5.50. The van der Waals surface area contributed by atoms with Crippen LogP contribution in [0.5, 0.6) is 0 Å². The van der Waals surface area contributed by atoms with Crippen LogP contribution in [0.2, 0.25) is 0 Å². The van der Waals surface area contributed by atoms with Gasteiger partial charge in [0.05, 0.1) is 30.8 Å². The van der Waals surface area contributed by atoms with Crippen molar-refractivity contribution in [2.24, 2.45) is 11.8 Å². The number of nitrogens with zero attached hydrogens (tertiary/aromatic N) is 1. The van der Waals surface area contributed by atoms with Crippen LogP contribution in [0.25, 0.3) is 0 Å². The molecule has 5 atom stereocenters. The minimum Gasteiger partial charge on any atom is -0.467 e. The molecule has 3 amide bonds. The van der Waals surface area contributed by atoms with E-state index in [-0.39, 0.29) is 32.1 Å². The number of benzene rings is 2. The van der Waals surface area contributed by atoms with Gasteiger partial charge in [-0.25, -0.2) is 9.59 Å². The molecule has 262 valence electrons. The third-order valence-electron chi connectivity index (χ3n) is 7.90. The number of nitrogens with one attached hydrogen (secondary N) is 2. The quantitative estimate of drug-likeness (QED) is 0.227. The summed E-state index contributed by atoms with van der Waals surface area (Å²) in [7, 11) is 1.23. The maximum absolute atomic E-state index is 14.5. The Hall–Kier alpha value is -4.45. The zero-order chi connectivity index (χ0) is 35.4. The van der Waals surface area contributed by atoms with Gasteiger partial charge in [-0.15, -0.1) is 0 Å². The van der Waals surface area contributed by atoms with Gasteiger partial charge in [0.25, 0.3) is 0 Å². The Morgan fingerprint density at radius 3 is 2.04 bits per heavy atom. The van der Waals surface area contributed by atoms with E-state index in [2.05, 4.69) is 10.6 Å². The molecule has 2 N–H and O–H groups in total. The van der Waals surface area contributed by atoms with E-state index in [9.17, 15) is 24.0 Å². The number of methoxy groups -OCH3 is 1. The van der Waals surface area contributed by atoms with Gasteiger partial charge in [-0.3, -0.25) is 14.4 Å². The lowest BCUT2D eigenvalue weighted by Gasteiger charge is -2.38. The minimum atomic E-state index is -1.12. The molecule has 0 aliphatic carbocycles. The number of ether oxygens (including phenoxy) is 4. The van der Waals surface area contributed by atoms with Crippen molar-refractivity contribution in [3.8, 4) is 0 Å². The van der Waals surface area contributed by atoms with Crippen LogP contribution in [-0.2, 0) is 51.2 Å². The van der Waals surface area contributed by atoms with Crippen molar-refractivity contribution in [3.63, 3.8) is 0 Å². The Kier molecular flexibility index (Phi) is 14.0. The summed E-state index contributed by atoms with van der Waals surface area (Å²) in [4.78, 5) is 67.7. The lowest BCUT2D eigenvalue weighted by Crippen LogP contribution is -2.59. The van der Waals surface area contributed by atoms with Crippen molar-refractivity contribution in [3.05, 3.63) is 71.8 Å². The third kappa shape index (κ3) is 11.4. The lowest BCUT2D eigenvalue weighted by atomic mass is 9.92. The molecule has 1 saturated heterocycles. The summed E-state index contributed by atoms with van der Waals surface area (Å²) in [5.74, 6) is -3.76. The molecule has 0 spiro atoms. The van der Waals surface area contributed by atoms with E-state index in [1.807, 2.05) is 81.4 Å². The first-order valence-electron chi connectivity index (χ1n) is 16.2. The first-order chi connectivity index (χ1) is 22.7. The average molecular weight is 668 g/mol. The van der Waals surface area contributed by atoms with E-state index in [1.165, 1.54) is 18.9 Å². The van der Waals surface area contributed by atoms with Crippen molar-refractivity contribution in [1.82, 2.24) is 15.5 Å². The average Bonchev–Trinajstić information content (AvgIpc) is 3.43. The van der Waals surface area contributed by atoms with Gasteiger partial charge in [-0.1, -0.05) is 74.5 Å². The summed E-state index contributed by atoms with van der Waals surface area (Å²) in [6.07, 6.45) is -0.901. The molecule has 1 aliphatic heterocycles. The fourth-order valence-electron chi connectivity index (χ4n) is 5.68. The van der Waals surface area contributed by atoms with E-state index in [0.29, 0.717) is 6.42 Å². The Morgan fingerprint density at radius 2 is 1.50 bits per heavy atom. The van der Waals surface area contributed by atoms with Gasteiger partial charge in [0, 0.05) is 19.9 Å². The van der Waals surface area contributed by atoms with E-state index >= 15 is 0 Å². The number of carbonyl (C=O) groups excluding carboxylic acids is 5. The second kappa shape index (κ2) is 17.6. The summed E-state index contributed by atoms with van der Waals surface area (Å²) >= 11 is 0. The Bertz CT molecular complexity index is 1380. The SMILES string of the molecule is COC(=O)[C@@H](NC(=O)[C@H](COC(C)=O)[C@@H]1[C@@H](OC(C)(C)C)CCN1C(=O)[C@H](Cc1ccccc1)NC(=O)OCc1ccccc1)C(C)C. The number of rotatable bonds is 14. The van der Waals surface area contributed by atoms with Gasteiger partial charge >= 0.3 is 18.0 Å². The molecule has 3 rings (SSSR count). The molecule has 0 bridgehead atoms. The van der Waals surface area contributed by atoms with Crippen molar-refractivity contribution in [1.29, 1.82) is 0 Å². The summed E-state index contributed by atoms with van der Waals surface area (Å²) in [6, 6.07) is 15.4. The first kappa shape index (κ1) is 38.0. The number of esters is 2. The Morgan fingerprint density at radius 1 is 0.896 bits per heavy atom. The van der Waals surface area contributed by atoms with Crippen LogP contribution in [-0.4, -0.2) is 84.8 Å². The molecule has 0 unspecified atom stereocenters. The van der Waals surface area contributed by atoms with Crippen molar-refractivity contribution in [2.45, 2.75) is 90.8 Å². The molecular formula is C36H49N3O9. The molecule has 2 aromatic rings. The molecular weight excluding hydrogens is 618 g/mol. The topological polar surface area (TPSA) is 150 Å². The first-order valence-corrected chi connectivity index (χ1v) is 16.2. The molecule has 12 heteroatoms. The van der Waals surface area contributed by atoms with Gasteiger partial charge in [-0.2, -0.15) is 0 Å². The second-order valence-electron chi connectivity index (χ2n) is 13.2. The normalized spacial score (nSPS) is 18.0. The highest BCUT2D eigenvalue weighted by Crippen LogP contribution is 2.32. The number of carbonyl (C=O) groups is 5. The molecule has 0 aromatic heterocycles. The molecule has 48 heavy (non-hydrogen) atoms. The minimum absolute atomic E-state index is 0.00853. The molecule has 1 fully saturated rings.